The number of likely N-dealkylation sites (tertiary alicyclic amines) is 1. The number of nitrogens with two attached hydrogens (primary N) is 1. The van der Waals surface area contributed by atoms with Crippen LogP contribution in [0.25, 0.3) is 0 Å². The maximum atomic E-state index is 13.8. The van der Waals surface area contributed by atoms with Crippen molar-refractivity contribution in [3.05, 3.63) is 71.3 Å². The molecule has 0 aromatic heterocycles. The predicted molar refractivity (Wildman–Crippen MR) is 286 cm³/mol. The second-order valence-electron chi connectivity index (χ2n) is 19.8. The quantitative estimate of drug-likeness (QED) is 0.0188. The summed E-state index contributed by atoms with van der Waals surface area (Å²) in [5.74, 6) is -7.20. The minimum absolute atomic E-state index is 0.00173. The summed E-state index contributed by atoms with van der Waals surface area (Å²) in [6, 6.07) is 11.7. The number of hydrogen-bond acceptors (Lipinski definition) is 16. The third-order valence-electron chi connectivity index (χ3n) is 13.2. The van der Waals surface area contributed by atoms with E-state index < -0.39 is 95.3 Å². The third-order valence-corrected chi connectivity index (χ3v) is 14.5. The van der Waals surface area contributed by atoms with Crippen molar-refractivity contribution in [1.29, 1.82) is 0 Å². The van der Waals surface area contributed by atoms with Gasteiger partial charge in [-0.15, -0.1) is 11.8 Å². The molecule has 24 heteroatoms. The molecule has 2 aromatic carbocycles. The summed E-state index contributed by atoms with van der Waals surface area (Å²) < 4.78 is 0. The fourth-order valence-corrected chi connectivity index (χ4v) is 10.3. The minimum Gasteiger partial charge on any atom is -0.480 e. The van der Waals surface area contributed by atoms with Crippen LogP contribution < -0.4 is 16.4 Å². The van der Waals surface area contributed by atoms with E-state index in [1.807, 2.05) is 4.90 Å². The van der Waals surface area contributed by atoms with E-state index >= 15 is 0 Å². The Hall–Kier alpha value is -6.60. The van der Waals surface area contributed by atoms with Crippen LogP contribution in [0.1, 0.15) is 80.3 Å². The fraction of sp³-hybridized carbons (Fsp3) is 0.566. The van der Waals surface area contributed by atoms with Crippen molar-refractivity contribution < 1.29 is 68.4 Å². The first-order valence-corrected chi connectivity index (χ1v) is 26.9. The summed E-state index contributed by atoms with van der Waals surface area (Å²) in [5.41, 5.74) is 7.29. The maximum Gasteiger partial charge on any atom is 0.334 e. The smallest absolute Gasteiger partial charge is 0.334 e. The van der Waals surface area contributed by atoms with Gasteiger partial charge in [0, 0.05) is 110 Å². The van der Waals surface area contributed by atoms with Gasteiger partial charge in [0.05, 0.1) is 36.8 Å². The van der Waals surface area contributed by atoms with Crippen molar-refractivity contribution in [1.82, 2.24) is 35.1 Å². The van der Waals surface area contributed by atoms with Crippen molar-refractivity contribution in [3.63, 3.8) is 0 Å². The number of hydrogen-bond donors (Lipinski definition) is 7. The predicted octanol–water partition coefficient (Wildman–Crippen LogP) is 0.966. The summed E-state index contributed by atoms with van der Waals surface area (Å²) in [7, 11) is 1.58. The van der Waals surface area contributed by atoms with Crippen molar-refractivity contribution >= 4 is 76.7 Å². The van der Waals surface area contributed by atoms with Crippen molar-refractivity contribution in [3.8, 4) is 0 Å². The number of carboxylic acid groups (broad SMARTS) is 4. The van der Waals surface area contributed by atoms with Crippen LogP contribution in [0.5, 0.6) is 0 Å². The van der Waals surface area contributed by atoms with Gasteiger partial charge in [-0.2, -0.15) is 0 Å². The van der Waals surface area contributed by atoms with E-state index in [9.17, 15) is 68.4 Å². The van der Waals surface area contributed by atoms with E-state index in [0.29, 0.717) is 68.3 Å². The van der Waals surface area contributed by atoms with Gasteiger partial charge in [-0.1, -0.05) is 56.3 Å². The van der Waals surface area contributed by atoms with Gasteiger partial charge < -0.3 is 41.7 Å². The van der Waals surface area contributed by atoms with Crippen molar-refractivity contribution in [2.45, 2.75) is 95.0 Å². The number of thioether (sulfide) groups is 1. The number of carbonyl (C=O) groups excluding carboxylic acids is 6. The molecule has 2 aromatic rings. The molecule has 23 nitrogen and oxygen atoms in total. The normalized spacial score (nSPS) is 18.5. The van der Waals surface area contributed by atoms with Crippen molar-refractivity contribution in [2.24, 2.45) is 16.6 Å². The van der Waals surface area contributed by atoms with Gasteiger partial charge >= 0.3 is 23.9 Å². The number of amidine groups is 1. The summed E-state index contributed by atoms with van der Waals surface area (Å²) in [5, 5.41) is 43.8. The number of ketones is 2. The Labute approximate surface area is 452 Å². The minimum atomic E-state index is -1.96. The van der Waals surface area contributed by atoms with Gasteiger partial charge in [0.2, 0.25) is 17.7 Å². The zero-order valence-corrected chi connectivity index (χ0v) is 45.0. The average molecular weight is 1090 g/mol. The molecule has 4 amide bonds. The van der Waals surface area contributed by atoms with Crippen LogP contribution in [0.15, 0.2) is 59.6 Å². The lowest BCUT2D eigenvalue weighted by molar-refractivity contribution is -0.146. The van der Waals surface area contributed by atoms with Crippen LogP contribution in [0, 0.1) is 5.92 Å². The molecule has 0 spiro atoms. The number of amides is 4. The maximum absolute atomic E-state index is 13.8. The molecule has 2 aliphatic rings. The molecule has 0 saturated carbocycles. The molecule has 2 aliphatic heterocycles. The number of carboxylic acids is 4. The first-order valence-electron chi connectivity index (χ1n) is 25.9. The third kappa shape index (κ3) is 22.5. The summed E-state index contributed by atoms with van der Waals surface area (Å²) in [4.78, 5) is 140. The van der Waals surface area contributed by atoms with Crippen LogP contribution in [0.2, 0.25) is 0 Å². The van der Waals surface area contributed by atoms with Gasteiger partial charge in [0.15, 0.2) is 17.6 Å². The molecular weight excluding hydrogens is 1020 g/mol. The molecule has 0 bridgehead atoms. The second kappa shape index (κ2) is 32.2. The molecule has 2 saturated heterocycles. The van der Waals surface area contributed by atoms with Gasteiger partial charge in [0.25, 0.3) is 5.91 Å². The highest BCUT2D eigenvalue weighted by Gasteiger charge is 2.39. The molecular formula is C53H75N9O14S. The highest BCUT2D eigenvalue weighted by molar-refractivity contribution is 8.00. The number of nitrogens with one attached hydrogen (secondary N) is 2. The number of carbonyl (C=O) groups is 10. The van der Waals surface area contributed by atoms with Gasteiger partial charge in [0.1, 0.15) is 0 Å². The van der Waals surface area contributed by atoms with E-state index in [1.165, 1.54) is 11.8 Å². The van der Waals surface area contributed by atoms with Gasteiger partial charge in [-0.05, 0) is 60.6 Å². The molecule has 2 fully saturated rings. The fourth-order valence-electron chi connectivity index (χ4n) is 9.19. The second-order valence-corrected chi connectivity index (χ2v) is 21.1. The molecule has 422 valence electrons. The molecule has 0 radical (unpaired) electrons. The van der Waals surface area contributed by atoms with Crippen LogP contribution in [0.4, 0.5) is 0 Å². The van der Waals surface area contributed by atoms with Crippen LogP contribution in [-0.2, 0) is 56.0 Å². The lowest BCUT2D eigenvalue weighted by Crippen LogP contribution is -2.53. The number of aliphatic imine (C=N–C) groups is 1. The number of Topliss-reactive ketones (excluding diaryl/α,β-unsaturated/α-hetero) is 2. The average Bonchev–Trinajstić information content (AvgIpc) is 3.64. The molecule has 8 N–H and O–H groups in total. The molecule has 4 atom stereocenters. The number of nitrogens with zero attached hydrogens (tertiary/aromatic N) is 6. The van der Waals surface area contributed by atoms with E-state index in [1.54, 1.807) is 71.4 Å². The van der Waals surface area contributed by atoms with E-state index in [2.05, 4.69) is 34.4 Å². The highest BCUT2D eigenvalue weighted by atomic mass is 32.2. The van der Waals surface area contributed by atoms with E-state index in [-0.39, 0.29) is 89.4 Å². The highest BCUT2D eigenvalue weighted by Crippen LogP contribution is 2.26. The van der Waals surface area contributed by atoms with Crippen molar-refractivity contribution in [2.75, 3.05) is 91.3 Å². The largest absolute Gasteiger partial charge is 0.480 e. The zero-order valence-electron chi connectivity index (χ0n) is 44.2. The van der Waals surface area contributed by atoms with Crippen LogP contribution in [-0.4, -0.2) is 225 Å². The number of aliphatic carboxylic acids is 4. The lowest BCUT2D eigenvalue weighted by atomic mass is 9.98. The summed E-state index contributed by atoms with van der Waals surface area (Å²) in [6.07, 6.45) is 0.184. The van der Waals surface area contributed by atoms with Crippen LogP contribution >= 0.6 is 11.8 Å². The first-order chi connectivity index (χ1) is 36.6. The van der Waals surface area contributed by atoms with E-state index in [4.69, 9.17) is 5.73 Å². The lowest BCUT2D eigenvalue weighted by Gasteiger charge is -2.38. The Morgan fingerprint density at radius 1 is 0.714 bits per heavy atom. The number of benzene rings is 2. The van der Waals surface area contributed by atoms with E-state index in [0.717, 1.165) is 4.90 Å². The monoisotopic (exact) mass is 1090 g/mol. The first kappa shape index (κ1) is 62.9. The summed E-state index contributed by atoms with van der Waals surface area (Å²) >= 11 is 1.33. The molecule has 2 heterocycles. The molecule has 4 unspecified atom stereocenters. The Kier molecular flexibility index (Phi) is 26.3. The molecule has 4 rings (SSSR count). The Bertz CT molecular complexity index is 2390. The van der Waals surface area contributed by atoms with Gasteiger partial charge in [-0.3, -0.25) is 67.7 Å². The topological polar surface area (TPSA) is 330 Å². The summed E-state index contributed by atoms with van der Waals surface area (Å²) in [6.45, 7) is 6.14. The Morgan fingerprint density at radius 2 is 1.34 bits per heavy atom. The standard InChI is InChI=1S/C53H75N9O14S/c1-35(2)30-58-20-21-59(32-47(67)68)22-23-60(33-48(69)70)31-39(61(25-24-58)34-49(71)72)27-37-13-15-38(16-14-37)51(73)56-40(28-36-9-5-4-6-10-36)41(63)17-18-45(65)57-50(53(75)76)42(64)11-7-19-62-46(66)29-43(52(62)74)77-26-8-12-44(54)55-3/h4-6,9-10,13-16,35,39-40,43,50H,7-8,11-12,17-34H2,1-3H3,(H2,54,55)(H,56,73)(H,57,65)(H,67,68)(H,69,70)(H,71,72)(H,75,76). The van der Waals surface area contributed by atoms with Gasteiger partial charge in [-0.25, -0.2) is 4.79 Å². The van der Waals surface area contributed by atoms with Crippen LogP contribution in [0.3, 0.4) is 0 Å². The Morgan fingerprint density at radius 3 is 1.96 bits per heavy atom. The zero-order chi connectivity index (χ0) is 56.6. The number of imide groups is 1. The SMILES string of the molecule is CN=C(N)CCCSC1CC(=O)N(CCCC(=O)C(NC(=O)CCC(=O)C(Cc2ccccc2)NC(=O)c2ccc(CC3CN(CC(=O)O)CCN(CC(=O)O)CCN(CC(C)C)CCN3CC(=O)O)cc2)C(=O)O)C1=O. The Balaban J connectivity index is 1.42. The molecule has 0 aliphatic carbocycles. The number of rotatable bonds is 30. The molecule has 77 heavy (non-hydrogen) atoms.